The van der Waals surface area contributed by atoms with Gasteiger partial charge >= 0.3 is 6.61 Å². The summed E-state index contributed by atoms with van der Waals surface area (Å²) < 4.78 is 48.4. The van der Waals surface area contributed by atoms with Gasteiger partial charge in [-0.1, -0.05) is 11.6 Å². The van der Waals surface area contributed by atoms with Crippen molar-refractivity contribution >= 4 is 17.4 Å². The molecule has 0 saturated carbocycles. The quantitative estimate of drug-likeness (QED) is 0.206. The lowest BCUT2D eigenvalue weighted by Crippen LogP contribution is -2.36. The first kappa shape index (κ1) is 27.0. The van der Waals surface area contributed by atoms with Crippen LogP contribution >= 0.6 is 11.6 Å². The van der Waals surface area contributed by atoms with Crippen molar-refractivity contribution in [3.8, 4) is 27.9 Å². The number of nitrogens with two attached hydrogens (primary N) is 1. The maximum absolute atomic E-state index is 15.2. The van der Waals surface area contributed by atoms with E-state index in [1.54, 1.807) is 31.5 Å². The Morgan fingerprint density at radius 3 is 2.67 bits per heavy atom. The van der Waals surface area contributed by atoms with Gasteiger partial charge in [-0.2, -0.15) is 23.3 Å². The van der Waals surface area contributed by atoms with Crippen molar-refractivity contribution in [1.82, 2.24) is 35.0 Å². The van der Waals surface area contributed by atoms with Crippen LogP contribution < -0.4 is 10.5 Å². The number of aromatic nitrogens is 8. The summed E-state index contributed by atoms with van der Waals surface area (Å²) in [6, 6.07) is 8.49. The lowest BCUT2D eigenvalue weighted by Gasteiger charge is -2.18. The zero-order valence-electron chi connectivity index (χ0n) is 20.8. The minimum absolute atomic E-state index is 0.00114. The molecule has 4 heterocycles. The summed E-state index contributed by atoms with van der Waals surface area (Å²) in [5, 5.41) is 28.5. The van der Waals surface area contributed by atoms with Gasteiger partial charge in [-0.25, -0.2) is 9.37 Å². The highest BCUT2D eigenvalue weighted by molar-refractivity contribution is 6.31. The maximum Gasteiger partial charge on any atom is 0.345 e. The number of alkyl halides is 2. The fourth-order valence-electron chi connectivity index (χ4n) is 4.39. The minimum atomic E-state index is -2.98. The number of nitrogen functional groups attached to an aromatic ring is 1. The molecule has 0 amide bonds. The molecule has 5 rings (SSSR count). The van der Waals surface area contributed by atoms with E-state index < -0.39 is 18.5 Å². The number of benzene rings is 1. The summed E-state index contributed by atoms with van der Waals surface area (Å²) in [5.41, 5.74) is 8.48. The number of hydrogen-bond donors (Lipinski definition) is 1. The van der Waals surface area contributed by atoms with Gasteiger partial charge in [0.05, 0.1) is 34.6 Å². The second-order valence-electron chi connectivity index (χ2n) is 8.69. The number of aryl methyl sites for hydroxylation is 1. The Labute approximate surface area is 230 Å². The van der Waals surface area contributed by atoms with Crippen LogP contribution in [-0.4, -0.2) is 48.2 Å². The number of nitrogens with zero attached hydrogens (tertiary/aromatic N) is 8. The molecule has 0 aliphatic heterocycles. The predicted molar refractivity (Wildman–Crippen MR) is 138 cm³/mol. The van der Waals surface area contributed by atoms with Gasteiger partial charge < -0.3 is 15.7 Å². The van der Waals surface area contributed by atoms with Crippen LogP contribution in [0.4, 0.5) is 19.0 Å². The zero-order valence-corrected chi connectivity index (χ0v) is 21.6. The summed E-state index contributed by atoms with van der Waals surface area (Å²) in [7, 11) is 0. The number of anilines is 1. The van der Waals surface area contributed by atoms with E-state index in [0.29, 0.717) is 21.8 Å². The average Bonchev–Trinajstić information content (AvgIpc) is 3.61. The Hall–Kier alpha value is -4.56. The number of halogens is 4. The largest absolute Gasteiger partial charge is 0.618 e. The van der Waals surface area contributed by atoms with Crippen LogP contribution in [0, 0.1) is 17.9 Å². The monoisotopic (exact) mass is 571 g/mol. The summed E-state index contributed by atoms with van der Waals surface area (Å²) >= 11 is 6.03. The van der Waals surface area contributed by atoms with Gasteiger partial charge in [-0.05, 0) is 47.7 Å². The molecule has 11 nitrogen and oxygen atoms in total. The smallest absolute Gasteiger partial charge is 0.345 e. The molecule has 0 radical (unpaired) electrons. The first-order chi connectivity index (χ1) is 19.2. The van der Waals surface area contributed by atoms with Crippen LogP contribution in [0.2, 0.25) is 5.02 Å². The van der Waals surface area contributed by atoms with E-state index in [1.807, 2.05) is 0 Å². The number of pyridine rings is 2. The number of tetrazole rings is 1. The molecule has 0 bridgehead atoms. The first-order valence-electron chi connectivity index (χ1n) is 11.8. The van der Waals surface area contributed by atoms with E-state index in [2.05, 4.69) is 30.3 Å². The Morgan fingerprint density at radius 2 is 1.98 bits per heavy atom. The normalized spacial score (nSPS) is 12.2. The molecule has 0 fully saturated rings. The minimum Gasteiger partial charge on any atom is -0.618 e. The van der Waals surface area contributed by atoms with Crippen molar-refractivity contribution in [2.24, 2.45) is 0 Å². The Morgan fingerprint density at radius 1 is 1.15 bits per heavy atom. The molecular weight excluding hydrogens is 551 g/mol. The Bertz CT molecular complexity index is 1650. The zero-order chi connectivity index (χ0) is 28.4. The van der Waals surface area contributed by atoms with Gasteiger partial charge in [0, 0.05) is 35.5 Å². The highest BCUT2D eigenvalue weighted by Gasteiger charge is 2.26. The molecule has 0 unspecified atom stereocenters. The lowest BCUT2D eigenvalue weighted by atomic mass is 10.0. The van der Waals surface area contributed by atoms with Gasteiger partial charge in [0.25, 0.3) is 0 Å². The molecule has 15 heteroatoms. The van der Waals surface area contributed by atoms with Crippen molar-refractivity contribution in [3.05, 3.63) is 88.8 Å². The molecule has 0 aliphatic rings. The first-order valence-corrected chi connectivity index (χ1v) is 12.2. The van der Waals surface area contributed by atoms with Crippen molar-refractivity contribution < 1.29 is 22.6 Å². The van der Waals surface area contributed by atoms with Crippen LogP contribution in [0.3, 0.4) is 0 Å². The van der Waals surface area contributed by atoms with Crippen LogP contribution in [-0.2, 0) is 4.74 Å². The van der Waals surface area contributed by atoms with Gasteiger partial charge in [0.1, 0.15) is 18.2 Å². The van der Waals surface area contributed by atoms with Gasteiger partial charge in [-0.15, -0.1) is 5.10 Å². The second-order valence-corrected chi connectivity index (χ2v) is 9.10. The third-order valence-electron chi connectivity index (χ3n) is 6.22. The third kappa shape index (κ3) is 5.44. The molecule has 5 aromatic rings. The van der Waals surface area contributed by atoms with Gasteiger partial charge in [0.2, 0.25) is 5.69 Å². The highest BCUT2D eigenvalue weighted by Crippen LogP contribution is 2.34. The van der Waals surface area contributed by atoms with Gasteiger partial charge in [-0.3, -0.25) is 4.68 Å². The fourth-order valence-corrected chi connectivity index (χ4v) is 4.55. The standard InChI is InChI=1S/C25H21ClF3N9O2/c1-14-17(3-7-22(30)33-14)16-10-32-36(11-16)19(8-9-40-25(28)29)20-5-2-15(12-38(20)39)23-21(37-13-31-34-35-37)6-4-18(26)24(23)27/h2-7,10-13,19,25H,8-9H2,1H3,(H2,30,33)/t19-/m1/s1. The summed E-state index contributed by atoms with van der Waals surface area (Å²) in [5.74, 6) is -0.406. The van der Waals surface area contributed by atoms with E-state index >= 15 is 4.39 Å². The Balaban J connectivity index is 1.55. The van der Waals surface area contributed by atoms with Crippen LogP contribution in [0.25, 0.3) is 27.9 Å². The Kier molecular flexibility index (Phi) is 7.62. The van der Waals surface area contributed by atoms with E-state index in [1.165, 1.54) is 40.0 Å². The van der Waals surface area contributed by atoms with E-state index in [4.69, 9.17) is 17.3 Å². The fraction of sp³-hybridized carbons (Fsp3) is 0.200. The van der Waals surface area contributed by atoms with Crippen LogP contribution in [0.1, 0.15) is 23.9 Å². The molecule has 0 aliphatic carbocycles. The van der Waals surface area contributed by atoms with Crippen molar-refractivity contribution in [3.63, 3.8) is 0 Å². The molecular formula is C25H21ClF3N9O2. The highest BCUT2D eigenvalue weighted by atomic mass is 35.5. The average molecular weight is 572 g/mol. The second kappa shape index (κ2) is 11.3. The van der Waals surface area contributed by atoms with Crippen LogP contribution in [0.15, 0.2) is 61.3 Å². The SMILES string of the molecule is Cc1nc(N)ccc1-c1cnn([C@H](CCOC(F)F)c2ccc(-c3c(-n4cnnn4)ccc(Cl)c3F)c[n+]2[O-])c1. The number of ether oxygens (including phenoxy) is 1. The summed E-state index contributed by atoms with van der Waals surface area (Å²) in [6.45, 7) is -1.54. The molecule has 0 saturated heterocycles. The van der Waals surface area contributed by atoms with Crippen molar-refractivity contribution in [2.75, 3.05) is 12.3 Å². The van der Waals surface area contributed by atoms with Crippen LogP contribution in [0.5, 0.6) is 0 Å². The number of hydrogen-bond acceptors (Lipinski definition) is 8. The topological polar surface area (TPSA) is 136 Å². The van der Waals surface area contributed by atoms with E-state index in [0.717, 1.165) is 11.8 Å². The summed E-state index contributed by atoms with van der Waals surface area (Å²) in [6.07, 6.45) is 5.68. The van der Waals surface area contributed by atoms with Crippen molar-refractivity contribution in [1.29, 1.82) is 0 Å². The predicted octanol–water partition coefficient (Wildman–Crippen LogP) is 4.12. The molecule has 0 spiro atoms. The molecule has 40 heavy (non-hydrogen) atoms. The van der Waals surface area contributed by atoms with Crippen molar-refractivity contribution in [2.45, 2.75) is 26.0 Å². The number of rotatable bonds is 9. The molecule has 4 aromatic heterocycles. The molecule has 1 aromatic carbocycles. The van der Waals surface area contributed by atoms with E-state index in [-0.39, 0.29) is 40.6 Å². The molecule has 1 atom stereocenters. The lowest BCUT2D eigenvalue weighted by molar-refractivity contribution is -0.615. The van der Waals surface area contributed by atoms with Gasteiger partial charge in [0.15, 0.2) is 12.0 Å². The molecule has 206 valence electrons. The van der Waals surface area contributed by atoms with E-state index in [9.17, 15) is 14.0 Å². The summed E-state index contributed by atoms with van der Waals surface area (Å²) in [4.78, 5) is 4.25. The molecule has 2 N–H and O–H groups in total. The maximum atomic E-state index is 15.2. The third-order valence-corrected chi connectivity index (χ3v) is 6.51.